The molecule has 4 aromatic rings. The Kier molecular flexibility index (Phi) is 5.25. The first-order valence-electron chi connectivity index (χ1n) is 9.97. The Balaban J connectivity index is 1.83. The molecule has 0 N–H and O–H groups in total. The minimum absolute atomic E-state index is 1.07. The Hall–Kier alpha value is -3.28. The van der Waals surface area contributed by atoms with Crippen molar-refractivity contribution in [1.29, 1.82) is 0 Å². The molecule has 3 aromatic carbocycles. The van der Waals surface area contributed by atoms with Crippen LogP contribution in [0.5, 0.6) is 0 Å². The van der Waals surface area contributed by atoms with Gasteiger partial charge in [-0.15, -0.1) is 5.54 Å². The number of nitrogens with zero attached hydrogens (tertiary/aromatic N) is 1. The standard InChI is InChI=1S/C27H25NSi/c1-29(2,3)21-20-22-14-16-25(17-15-22)28-26(23-10-6-4-7-11-23)18-19-27(28)24-12-8-5-9-13-24/h4-19H,1-3H3. The number of hydrogen-bond donors (Lipinski definition) is 0. The van der Waals surface area contributed by atoms with Gasteiger partial charge in [0.1, 0.15) is 8.07 Å². The van der Waals surface area contributed by atoms with Crippen molar-refractivity contribution in [3.8, 4) is 39.7 Å². The second kappa shape index (κ2) is 7.99. The highest BCUT2D eigenvalue weighted by molar-refractivity contribution is 6.83. The van der Waals surface area contributed by atoms with Crippen LogP contribution in [-0.4, -0.2) is 12.6 Å². The summed E-state index contributed by atoms with van der Waals surface area (Å²) in [6.45, 7) is 6.81. The van der Waals surface area contributed by atoms with E-state index in [0.717, 1.165) is 11.3 Å². The lowest BCUT2D eigenvalue weighted by Gasteiger charge is -2.14. The van der Waals surface area contributed by atoms with Crippen molar-refractivity contribution in [2.45, 2.75) is 19.6 Å². The van der Waals surface area contributed by atoms with Crippen molar-refractivity contribution in [2.24, 2.45) is 0 Å². The van der Waals surface area contributed by atoms with Crippen LogP contribution in [0.15, 0.2) is 97.1 Å². The lowest BCUT2D eigenvalue weighted by atomic mass is 10.1. The van der Waals surface area contributed by atoms with E-state index >= 15 is 0 Å². The second-order valence-corrected chi connectivity index (χ2v) is 13.0. The molecule has 0 saturated heterocycles. The molecular weight excluding hydrogens is 366 g/mol. The maximum atomic E-state index is 3.45. The minimum atomic E-state index is -1.38. The first-order chi connectivity index (χ1) is 14.0. The number of aromatic nitrogens is 1. The zero-order valence-electron chi connectivity index (χ0n) is 17.2. The third kappa shape index (κ3) is 4.42. The maximum absolute atomic E-state index is 3.45. The van der Waals surface area contributed by atoms with Gasteiger partial charge in [-0.05, 0) is 47.5 Å². The van der Waals surface area contributed by atoms with Gasteiger partial charge in [0, 0.05) is 11.3 Å². The van der Waals surface area contributed by atoms with Crippen molar-refractivity contribution >= 4 is 8.07 Å². The first kappa shape index (κ1) is 19.1. The van der Waals surface area contributed by atoms with E-state index in [9.17, 15) is 0 Å². The van der Waals surface area contributed by atoms with Crippen LogP contribution in [-0.2, 0) is 0 Å². The van der Waals surface area contributed by atoms with E-state index in [2.05, 4.69) is 133 Å². The summed E-state index contributed by atoms with van der Waals surface area (Å²) in [5.41, 5.74) is 10.5. The molecular formula is C27H25NSi. The van der Waals surface area contributed by atoms with Crippen molar-refractivity contribution in [1.82, 2.24) is 4.57 Å². The fraction of sp³-hybridized carbons (Fsp3) is 0.111. The Morgan fingerprint density at radius 2 is 1.07 bits per heavy atom. The lowest BCUT2D eigenvalue weighted by molar-refractivity contribution is 1.09. The van der Waals surface area contributed by atoms with Crippen molar-refractivity contribution < 1.29 is 0 Å². The Labute approximate surface area is 174 Å². The summed E-state index contributed by atoms with van der Waals surface area (Å²) in [7, 11) is -1.38. The molecule has 4 rings (SSSR count). The van der Waals surface area contributed by atoms with Gasteiger partial charge in [0.05, 0.1) is 11.4 Å². The third-order valence-electron chi connectivity index (χ3n) is 4.73. The molecule has 1 aromatic heterocycles. The molecule has 0 bridgehead atoms. The van der Waals surface area contributed by atoms with Crippen LogP contribution in [0, 0.1) is 11.5 Å². The summed E-state index contributed by atoms with van der Waals surface area (Å²) in [5.74, 6) is 3.35. The summed E-state index contributed by atoms with van der Waals surface area (Å²) in [4.78, 5) is 0. The normalized spacial score (nSPS) is 11.0. The summed E-state index contributed by atoms with van der Waals surface area (Å²) in [5, 5.41) is 0. The van der Waals surface area contributed by atoms with E-state index in [1.807, 2.05) is 0 Å². The van der Waals surface area contributed by atoms with E-state index < -0.39 is 8.07 Å². The van der Waals surface area contributed by atoms with Gasteiger partial charge < -0.3 is 4.57 Å². The summed E-state index contributed by atoms with van der Waals surface area (Å²) >= 11 is 0. The Morgan fingerprint density at radius 1 is 0.586 bits per heavy atom. The highest BCUT2D eigenvalue weighted by Gasteiger charge is 2.13. The molecule has 0 aliphatic heterocycles. The topological polar surface area (TPSA) is 4.93 Å². The van der Waals surface area contributed by atoms with Gasteiger partial charge in [-0.1, -0.05) is 86.2 Å². The predicted molar refractivity (Wildman–Crippen MR) is 127 cm³/mol. The van der Waals surface area contributed by atoms with Gasteiger partial charge in [0.25, 0.3) is 0 Å². The van der Waals surface area contributed by atoms with Crippen LogP contribution in [0.3, 0.4) is 0 Å². The number of hydrogen-bond acceptors (Lipinski definition) is 0. The van der Waals surface area contributed by atoms with Crippen LogP contribution in [0.2, 0.25) is 19.6 Å². The number of rotatable bonds is 3. The molecule has 0 aliphatic rings. The molecule has 1 nitrogen and oxygen atoms in total. The predicted octanol–water partition coefficient (Wildman–Crippen LogP) is 7.04. The molecule has 0 unspecified atom stereocenters. The third-order valence-corrected chi connectivity index (χ3v) is 5.60. The zero-order chi connectivity index (χ0) is 20.3. The lowest BCUT2D eigenvalue weighted by Crippen LogP contribution is -2.16. The van der Waals surface area contributed by atoms with E-state index in [1.165, 1.54) is 22.5 Å². The fourth-order valence-corrected chi connectivity index (χ4v) is 3.86. The van der Waals surface area contributed by atoms with Crippen LogP contribution in [0.1, 0.15) is 5.56 Å². The monoisotopic (exact) mass is 391 g/mol. The molecule has 1 heterocycles. The molecule has 0 atom stereocenters. The Bertz CT molecular complexity index is 1100. The average molecular weight is 392 g/mol. The molecule has 29 heavy (non-hydrogen) atoms. The molecule has 0 amide bonds. The van der Waals surface area contributed by atoms with E-state index in [-0.39, 0.29) is 0 Å². The SMILES string of the molecule is C[Si](C)(C)C#Cc1ccc(-n2c(-c3ccccc3)ccc2-c2ccccc2)cc1. The van der Waals surface area contributed by atoms with Gasteiger partial charge >= 0.3 is 0 Å². The first-order valence-corrected chi connectivity index (χ1v) is 13.5. The van der Waals surface area contributed by atoms with Crippen LogP contribution < -0.4 is 0 Å². The van der Waals surface area contributed by atoms with Gasteiger partial charge in [-0.25, -0.2) is 0 Å². The quantitative estimate of drug-likeness (QED) is 0.261. The van der Waals surface area contributed by atoms with Crippen LogP contribution in [0.4, 0.5) is 0 Å². The smallest absolute Gasteiger partial charge is 0.129 e. The highest BCUT2D eigenvalue weighted by Crippen LogP contribution is 2.32. The van der Waals surface area contributed by atoms with Crippen LogP contribution >= 0.6 is 0 Å². The molecule has 0 spiro atoms. The van der Waals surface area contributed by atoms with E-state index in [1.54, 1.807) is 0 Å². The van der Waals surface area contributed by atoms with Gasteiger partial charge in [0.15, 0.2) is 0 Å². The molecule has 2 heteroatoms. The molecule has 0 radical (unpaired) electrons. The Morgan fingerprint density at radius 3 is 1.52 bits per heavy atom. The second-order valence-electron chi connectivity index (χ2n) is 8.22. The fourth-order valence-electron chi connectivity index (χ4n) is 3.34. The minimum Gasteiger partial charge on any atom is -0.309 e. The summed E-state index contributed by atoms with van der Waals surface area (Å²) in [6, 6.07) is 34.1. The molecule has 0 saturated carbocycles. The van der Waals surface area contributed by atoms with Crippen LogP contribution in [0.25, 0.3) is 28.2 Å². The van der Waals surface area contributed by atoms with E-state index in [4.69, 9.17) is 0 Å². The van der Waals surface area contributed by atoms with Crippen molar-refractivity contribution in [3.05, 3.63) is 103 Å². The van der Waals surface area contributed by atoms with Gasteiger partial charge in [-0.3, -0.25) is 0 Å². The van der Waals surface area contributed by atoms with Gasteiger partial charge in [-0.2, -0.15) is 0 Å². The molecule has 0 fully saturated rings. The zero-order valence-corrected chi connectivity index (χ0v) is 18.2. The average Bonchev–Trinajstić information content (AvgIpc) is 3.18. The van der Waals surface area contributed by atoms with Crippen molar-refractivity contribution in [3.63, 3.8) is 0 Å². The largest absolute Gasteiger partial charge is 0.309 e. The molecule has 0 aliphatic carbocycles. The van der Waals surface area contributed by atoms with Gasteiger partial charge in [0.2, 0.25) is 0 Å². The van der Waals surface area contributed by atoms with E-state index in [0.29, 0.717) is 0 Å². The molecule has 142 valence electrons. The van der Waals surface area contributed by atoms with Crippen molar-refractivity contribution in [2.75, 3.05) is 0 Å². The highest BCUT2D eigenvalue weighted by atomic mass is 28.3. The maximum Gasteiger partial charge on any atom is 0.129 e. The number of benzene rings is 3. The summed E-state index contributed by atoms with van der Waals surface area (Å²) < 4.78 is 2.33. The summed E-state index contributed by atoms with van der Waals surface area (Å²) in [6.07, 6.45) is 0.